The van der Waals surface area contributed by atoms with E-state index in [1.54, 1.807) is 12.2 Å². The Balaban J connectivity index is 3.04. The minimum Gasteiger partial charge on any atom is -0.353 e. The van der Waals surface area contributed by atoms with E-state index >= 15 is 0 Å². The topological polar surface area (TPSA) is 41.1 Å². The minimum atomic E-state index is 0.0113. The number of hydrogen-bond acceptors (Lipinski definition) is 2. The largest absolute Gasteiger partial charge is 0.353 e. The fourth-order valence-corrected chi connectivity index (χ4v) is 2.50. The summed E-state index contributed by atoms with van der Waals surface area (Å²) in [5.74, 6) is 0.0113. The second-order valence-electron chi connectivity index (χ2n) is 6.08. The fourth-order valence-electron chi connectivity index (χ4n) is 2.50. The van der Waals surface area contributed by atoms with Gasteiger partial charge in [0, 0.05) is 6.54 Å². The van der Waals surface area contributed by atoms with Gasteiger partial charge in [-0.1, -0.05) is 70.8 Å². The zero-order chi connectivity index (χ0) is 16.3. The lowest BCUT2D eigenvalue weighted by Crippen LogP contribution is -2.26. The van der Waals surface area contributed by atoms with E-state index in [-0.39, 0.29) is 5.91 Å². The Labute approximate surface area is 138 Å². The molecule has 130 valence electrons. The highest BCUT2D eigenvalue weighted by Crippen LogP contribution is 2.10. The Bertz CT molecular complexity index is 264. The predicted molar refractivity (Wildman–Crippen MR) is 97.2 cm³/mol. The van der Waals surface area contributed by atoms with Crippen molar-refractivity contribution in [3.05, 3.63) is 12.2 Å². The molecule has 2 N–H and O–H groups in total. The van der Waals surface area contributed by atoms with Crippen molar-refractivity contribution in [2.24, 2.45) is 0 Å². The van der Waals surface area contributed by atoms with Crippen molar-refractivity contribution in [3.8, 4) is 0 Å². The summed E-state index contributed by atoms with van der Waals surface area (Å²) in [5, 5.41) is 6.31. The van der Waals surface area contributed by atoms with Crippen LogP contribution in [0.5, 0.6) is 0 Å². The molecule has 0 saturated heterocycles. The first-order valence-corrected chi connectivity index (χ1v) is 9.42. The van der Waals surface area contributed by atoms with Gasteiger partial charge in [0.25, 0.3) is 0 Å². The van der Waals surface area contributed by atoms with Crippen LogP contribution in [0.15, 0.2) is 12.2 Å². The molecule has 0 fully saturated rings. The molecule has 0 aliphatic carbocycles. The van der Waals surface area contributed by atoms with Crippen LogP contribution < -0.4 is 10.6 Å². The van der Waals surface area contributed by atoms with Crippen molar-refractivity contribution in [1.82, 2.24) is 10.6 Å². The van der Waals surface area contributed by atoms with Crippen molar-refractivity contribution in [2.75, 3.05) is 19.6 Å². The lowest BCUT2D eigenvalue weighted by atomic mass is 10.1. The van der Waals surface area contributed by atoms with Crippen LogP contribution in [0.3, 0.4) is 0 Å². The van der Waals surface area contributed by atoms with Gasteiger partial charge in [-0.2, -0.15) is 0 Å². The van der Waals surface area contributed by atoms with Crippen LogP contribution >= 0.6 is 0 Å². The molecule has 0 heterocycles. The Morgan fingerprint density at radius 1 is 0.773 bits per heavy atom. The molecule has 0 radical (unpaired) electrons. The van der Waals surface area contributed by atoms with Crippen molar-refractivity contribution in [1.29, 1.82) is 0 Å². The summed E-state index contributed by atoms with van der Waals surface area (Å²) in [7, 11) is 0. The SMILES string of the molecule is CC=CC(=O)NCCCNCCCCCCCCCCCC. The summed E-state index contributed by atoms with van der Waals surface area (Å²) in [6, 6.07) is 0. The van der Waals surface area contributed by atoms with Gasteiger partial charge in [0.05, 0.1) is 0 Å². The molecular formula is C19H38N2O. The average Bonchev–Trinajstić information content (AvgIpc) is 2.51. The standard InChI is InChI=1S/C19H38N2O/c1-3-5-6-7-8-9-10-11-12-13-16-20-17-14-18-21-19(22)15-4-2/h4,15,20H,3,5-14,16-18H2,1-2H3,(H,21,22). The summed E-state index contributed by atoms with van der Waals surface area (Å²) in [6.07, 6.45) is 18.2. The zero-order valence-electron chi connectivity index (χ0n) is 15.0. The Morgan fingerprint density at radius 3 is 1.91 bits per heavy atom. The van der Waals surface area contributed by atoms with E-state index < -0.39 is 0 Å². The van der Waals surface area contributed by atoms with Gasteiger partial charge < -0.3 is 10.6 Å². The van der Waals surface area contributed by atoms with Crippen LogP contribution in [-0.4, -0.2) is 25.5 Å². The van der Waals surface area contributed by atoms with Gasteiger partial charge in [0.2, 0.25) is 5.91 Å². The van der Waals surface area contributed by atoms with Crippen LogP contribution in [0.1, 0.15) is 84.5 Å². The zero-order valence-corrected chi connectivity index (χ0v) is 15.0. The van der Waals surface area contributed by atoms with E-state index in [2.05, 4.69) is 17.6 Å². The molecule has 22 heavy (non-hydrogen) atoms. The molecule has 3 nitrogen and oxygen atoms in total. The van der Waals surface area contributed by atoms with Gasteiger partial charge in [0.15, 0.2) is 0 Å². The van der Waals surface area contributed by atoms with Gasteiger partial charge in [-0.05, 0) is 38.9 Å². The maximum Gasteiger partial charge on any atom is 0.243 e. The van der Waals surface area contributed by atoms with Gasteiger partial charge in [-0.3, -0.25) is 4.79 Å². The van der Waals surface area contributed by atoms with Crippen LogP contribution in [0.2, 0.25) is 0 Å². The van der Waals surface area contributed by atoms with Crippen LogP contribution in [-0.2, 0) is 4.79 Å². The molecule has 0 aliphatic heterocycles. The van der Waals surface area contributed by atoms with Crippen molar-refractivity contribution in [2.45, 2.75) is 84.5 Å². The molecule has 0 aromatic heterocycles. The predicted octanol–water partition coefficient (Wildman–Crippen LogP) is 4.58. The molecule has 0 bridgehead atoms. The summed E-state index contributed by atoms with van der Waals surface area (Å²) >= 11 is 0. The maximum absolute atomic E-state index is 11.2. The van der Waals surface area contributed by atoms with Gasteiger partial charge >= 0.3 is 0 Å². The van der Waals surface area contributed by atoms with Gasteiger partial charge in [-0.25, -0.2) is 0 Å². The van der Waals surface area contributed by atoms with Crippen molar-refractivity contribution in [3.63, 3.8) is 0 Å². The molecule has 0 aliphatic rings. The first-order chi connectivity index (χ1) is 10.8. The number of allylic oxidation sites excluding steroid dienone is 1. The van der Waals surface area contributed by atoms with E-state index in [1.165, 1.54) is 64.2 Å². The maximum atomic E-state index is 11.2. The highest BCUT2D eigenvalue weighted by Gasteiger charge is 1.94. The Hall–Kier alpha value is -0.830. The number of unbranched alkanes of at least 4 members (excludes halogenated alkanes) is 9. The molecule has 0 aromatic rings. The second-order valence-corrected chi connectivity index (χ2v) is 6.08. The molecule has 0 unspecified atom stereocenters. The number of rotatable bonds is 16. The minimum absolute atomic E-state index is 0.0113. The van der Waals surface area contributed by atoms with E-state index in [0.717, 1.165) is 26.1 Å². The molecule has 1 amide bonds. The number of nitrogens with one attached hydrogen (secondary N) is 2. The van der Waals surface area contributed by atoms with E-state index in [1.807, 2.05) is 6.92 Å². The normalized spacial score (nSPS) is 11.2. The Morgan fingerprint density at radius 2 is 1.32 bits per heavy atom. The quantitative estimate of drug-likeness (QED) is 0.324. The summed E-state index contributed by atoms with van der Waals surface area (Å²) in [5.41, 5.74) is 0. The van der Waals surface area contributed by atoms with Crippen LogP contribution in [0.4, 0.5) is 0 Å². The summed E-state index contributed by atoms with van der Waals surface area (Å²) in [4.78, 5) is 11.2. The van der Waals surface area contributed by atoms with Crippen molar-refractivity contribution >= 4 is 5.91 Å². The lowest BCUT2D eigenvalue weighted by Gasteiger charge is -2.05. The third-order valence-electron chi connectivity index (χ3n) is 3.85. The van der Waals surface area contributed by atoms with E-state index in [4.69, 9.17) is 0 Å². The molecule has 0 spiro atoms. The highest BCUT2D eigenvalue weighted by molar-refractivity contribution is 5.87. The van der Waals surface area contributed by atoms with Gasteiger partial charge in [-0.15, -0.1) is 0 Å². The molecule has 3 heteroatoms. The average molecular weight is 311 g/mol. The highest BCUT2D eigenvalue weighted by atomic mass is 16.1. The second kappa shape index (κ2) is 18.2. The van der Waals surface area contributed by atoms with E-state index in [0.29, 0.717) is 0 Å². The van der Waals surface area contributed by atoms with Gasteiger partial charge in [0.1, 0.15) is 0 Å². The first kappa shape index (κ1) is 21.2. The number of hydrogen-bond donors (Lipinski definition) is 2. The monoisotopic (exact) mass is 310 g/mol. The summed E-state index contributed by atoms with van der Waals surface area (Å²) < 4.78 is 0. The molecular weight excluding hydrogens is 272 g/mol. The van der Waals surface area contributed by atoms with Crippen LogP contribution in [0, 0.1) is 0 Å². The number of carbonyl (C=O) groups is 1. The number of carbonyl (C=O) groups excluding carboxylic acids is 1. The molecule has 0 saturated carbocycles. The molecule has 0 atom stereocenters. The van der Waals surface area contributed by atoms with Crippen molar-refractivity contribution < 1.29 is 4.79 Å². The lowest BCUT2D eigenvalue weighted by molar-refractivity contribution is -0.116. The first-order valence-electron chi connectivity index (χ1n) is 9.42. The van der Waals surface area contributed by atoms with Crippen LogP contribution in [0.25, 0.3) is 0 Å². The van der Waals surface area contributed by atoms with E-state index in [9.17, 15) is 4.79 Å². The smallest absolute Gasteiger partial charge is 0.243 e. The summed E-state index contributed by atoms with van der Waals surface area (Å²) in [6.45, 7) is 6.99. The number of amides is 1. The third kappa shape index (κ3) is 17.2. The third-order valence-corrected chi connectivity index (χ3v) is 3.85. The Kier molecular flexibility index (Phi) is 17.5. The molecule has 0 rings (SSSR count). The molecule has 0 aromatic carbocycles. The fraction of sp³-hybridized carbons (Fsp3) is 0.842.